The Morgan fingerprint density at radius 3 is 2.47 bits per heavy atom. The summed E-state index contributed by atoms with van der Waals surface area (Å²) in [6.07, 6.45) is 1.72. The molecule has 2 aliphatic rings. The Bertz CT molecular complexity index is 774. The van der Waals surface area contributed by atoms with Gasteiger partial charge in [-0.05, 0) is 44.4 Å². The molecule has 0 aliphatic carbocycles. The van der Waals surface area contributed by atoms with Crippen LogP contribution in [0.5, 0.6) is 0 Å². The molecular formula is C22H32N4O3S. The Kier molecular flexibility index (Phi) is 7.77. The number of para-hydroxylation sites is 1. The van der Waals surface area contributed by atoms with E-state index >= 15 is 0 Å². The van der Waals surface area contributed by atoms with Crippen molar-refractivity contribution in [3.8, 4) is 0 Å². The van der Waals surface area contributed by atoms with Crippen LogP contribution in [0.1, 0.15) is 24.0 Å². The molecule has 1 aromatic carbocycles. The maximum Gasteiger partial charge on any atom is 0.243 e. The van der Waals surface area contributed by atoms with Gasteiger partial charge in [0.25, 0.3) is 0 Å². The minimum absolute atomic E-state index is 0.0115. The molecule has 1 unspecified atom stereocenters. The molecule has 0 spiro atoms. The van der Waals surface area contributed by atoms with Crippen molar-refractivity contribution in [2.75, 3.05) is 56.6 Å². The van der Waals surface area contributed by atoms with Gasteiger partial charge >= 0.3 is 0 Å². The van der Waals surface area contributed by atoms with Crippen molar-refractivity contribution in [3.63, 3.8) is 0 Å². The lowest BCUT2D eigenvalue weighted by molar-refractivity contribution is -0.139. The number of hydrogen-bond donors (Lipinski definition) is 1. The van der Waals surface area contributed by atoms with Crippen LogP contribution in [0.3, 0.4) is 0 Å². The number of likely N-dealkylation sites (N-methyl/N-ethyl adjacent to an activating group) is 1. The molecule has 2 saturated heterocycles. The summed E-state index contributed by atoms with van der Waals surface area (Å²) in [4.78, 5) is 43.5. The van der Waals surface area contributed by atoms with Gasteiger partial charge in [0.1, 0.15) is 0 Å². The van der Waals surface area contributed by atoms with E-state index in [2.05, 4.69) is 5.32 Å². The fourth-order valence-electron chi connectivity index (χ4n) is 4.08. The predicted molar refractivity (Wildman–Crippen MR) is 121 cm³/mol. The van der Waals surface area contributed by atoms with Crippen LogP contribution >= 0.6 is 11.8 Å². The van der Waals surface area contributed by atoms with E-state index in [4.69, 9.17) is 0 Å². The third-order valence-electron chi connectivity index (χ3n) is 5.86. The lowest BCUT2D eigenvalue weighted by atomic mass is 10.1. The van der Waals surface area contributed by atoms with Crippen LogP contribution in [-0.4, -0.2) is 89.7 Å². The largest absolute Gasteiger partial charge is 0.340 e. The fourth-order valence-corrected chi connectivity index (χ4v) is 4.98. The third-order valence-corrected chi connectivity index (χ3v) is 6.80. The number of aryl methyl sites for hydroxylation is 2. The quantitative estimate of drug-likeness (QED) is 0.741. The van der Waals surface area contributed by atoms with Gasteiger partial charge in [0.15, 0.2) is 0 Å². The van der Waals surface area contributed by atoms with Crippen molar-refractivity contribution in [2.24, 2.45) is 0 Å². The zero-order valence-corrected chi connectivity index (χ0v) is 19.0. The molecule has 0 radical (unpaired) electrons. The van der Waals surface area contributed by atoms with E-state index in [1.54, 1.807) is 7.05 Å². The number of nitrogens with one attached hydrogen (secondary N) is 1. The molecule has 3 amide bonds. The molecule has 1 N–H and O–H groups in total. The van der Waals surface area contributed by atoms with Gasteiger partial charge in [-0.2, -0.15) is 11.8 Å². The lowest BCUT2D eigenvalue weighted by Gasteiger charge is -2.32. The Labute approximate surface area is 183 Å². The zero-order valence-electron chi connectivity index (χ0n) is 18.1. The zero-order chi connectivity index (χ0) is 21.7. The van der Waals surface area contributed by atoms with Crippen molar-refractivity contribution in [3.05, 3.63) is 29.3 Å². The van der Waals surface area contributed by atoms with E-state index in [1.165, 1.54) is 4.90 Å². The average molecular weight is 433 g/mol. The molecule has 0 saturated carbocycles. The molecule has 30 heavy (non-hydrogen) atoms. The van der Waals surface area contributed by atoms with E-state index in [9.17, 15) is 14.4 Å². The maximum atomic E-state index is 12.9. The summed E-state index contributed by atoms with van der Waals surface area (Å²) in [6, 6.07) is 5.63. The van der Waals surface area contributed by atoms with Crippen LogP contribution in [0, 0.1) is 13.8 Å². The maximum absolute atomic E-state index is 12.9. The summed E-state index contributed by atoms with van der Waals surface area (Å²) in [5, 5.41) is 2.92. The smallest absolute Gasteiger partial charge is 0.243 e. The third kappa shape index (κ3) is 5.55. The molecule has 2 fully saturated rings. The number of nitrogens with zero attached hydrogens (tertiary/aromatic N) is 3. The summed E-state index contributed by atoms with van der Waals surface area (Å²) >= 11 is 1.88. The fraction of sp³-hybridized carbons (Fsp3) is 0.591. The Balaban J connectivity index is 1.53. The van der Waals surface area contributed by atoms with Gasteiger partial charge in [0.05, 0.1) is 19.1 Å². The van der Waals surface area contributed by atoms with Crippen molar-refractivity contribution >= 4 is 35.2 Å². The number of carbonyl (C=O) groups excluding carboxylic acids is 3. The van der Waals surface area contributed by atoms with Gasteiger partial charge in [-0.25, -0.2) is 0 Å². The van der Waals surface area contributed by atoms with Gasteiger partial charge in [-0.3, -0.25) is 19.3 Å². The molecule has 7 nitrogen and oxygen atoms in total. The highest BCUT2D eigenvalue weighted by Gasteiger charge is 2.35. The van der Waals surface area contributed by atoms with Crippen LogP contribution in [0.2, 0.25) is 0 Å². The molecule has 2 aliphatic heterocycles. The van der Waals surface area contributed by atoms with E-state index < -0.39 is 0 Å². The highest BCUT2D eigenvalue weighted by molar-refractivity contribution is 7.99. The SMILES string of the molecule is Cc1cccc(C)c1NC(=O)CN(C)C(=O)CN1CCCC1C(=O)N1CCSCC1. The van der Waals surface area contributed by atoms with Gasteiger partial charge in [0, 0.05) is 37.3 Å². The summed E-state index contributed by atoms with van der Waals surface area (Å²) < 4.78 is 0. The number of anilines is 1. The van der Waals surface area contributed by atoms with E-state index in [-0.39, 0.29) is 36.9 Å². The van der Waals surface area contributed by atoms with E-state index in [1.807, 2.05) is 53.6 Å². The molecule has 1 atom stereocenters. The number of likely N-dealkylation sites (tertiary alicyclic amines) is 1. The van der Waals surface area contributed by atoms with Crippen molar-refractivity contribution in [1.82, 2.24) is 14.7 Å². The summed E-state index contributed by atoms with van der Waals surface area (Å²) in [6.45, 7) is 6.38. The second-order valence-electron chi connectivity index (χ2n) is 8.13. The first-order valence-corrected chi connectivity index (χ1v) is 11.7. The second kappa shape index (κ2) is 10.3. The second-order valence-corrected chi connectivity index (χ2v) is 9.36. The number of amides is 3. The monoisotopic (exact) mass is 432 g/mol. The predicted octanol–water partition coefficient (Wildman–Crippen LogP) is 1.74. The average Bonchev–Trinajstić information content (AvgIpc) is 3.19. The minimum Gasteiger partial charge on any atom is -0.340 e. The highest BCUT2D eigenvalue weighted by Crippen LogP contribution is 2.22. The minimum atomic E-state index is -0.219. The van der Waals surface area contributed by atoms with Crippen LogP contribution in [0.4, 0.5) is 5.69 Å². The number of hydrogen-bond acceptors (Lipinski definition) is 5. The van der Waals surface area contributed by atoms with Gasteiger partial charge in [0.2, 0.25) is 17.7 Å². The first-order chi connectivity index (χ1) is 14.4. The van der Waals surface area contributed by atoms with Gasteiger partial charge < -0.3 is 15.1 Å². The van der Waals surface area contributed by atoms with Crippen LogP contribution in [0.25, 0.3) is 0 Å². The normalized spacial score (nSPS) is 19.6. The molecule has 3 rings (SSSR count). The first-order valence-electron chi connectivity index (χ1n) is 10.6. The summed E-state index contributed by atoms with van der Waals surface area (Å²) in [7, 11) is 1.64. The van der Waals surface area contributed by atoms with Crippen molar-refractivity contribution < 1.29 is 14.4 Å². The van der Waals surface area contributed by atoms with E-state index in [0.717, 1.165) is 60.8 Å². The topological polar surface area (TPSA) is 73.0 Å². The van der Waals surface area contributed by atoms with Crippen molar-refractivity contribution in [2.45, 2.75) is 32.7 Å². The van der Waals surface area contributed by atoms with Gasteiger partial charge in [-0.1, -0.05) is 18.2 Å². The van der Waals surface area contributed by atoms with Crippen LogP contribution in [0.15, 0.2) is 18.2 Å². The summed E-state index contributed by atoms with van der Waals surface area (Å²) in [5.74, 6) is 1.75. The molecule has 0 bridgehead atoms. The molecule has 1 aromatic rings. The first kappa shape index (κ1) is 22.6. The number of benzene rings is 1. The Morgan fingerprint density at radius 1 is 1.13 bits per heavy atom. The number of thioether (sulfide) groups is 1. The van der Waals surface area contributed by atoms with E-state index in [0.29, 0.717) is 0 Å². The Hall–Kier alpha value is -2.06. The van der Waals surface area contributed by atoms with Gasteiger partial charge in [-0.15, -0.1) is 0 Å². The van der Waals surface area contributed by atoms with Crippen LogP contribution < -0.4 is 5.32 Å². The standard InChI is InChI=1S/C22H32N4O3S/c1-16-6-4-7-17(2)21(16)23-19(27)14-24(3)20(28)15-26-9-5-8-18(26)22(29)25-10-12-30-13-11-25/h4,6-7,18H,5,8-15H2,1-3H3,(H,23,27). The number of rotatable bonds is 6. The highest BCUT2D eigenvalue weighted by atomic mass is 32.2. The van der Waals surface area contributed by atoms with Crippen molar-refractivity contribution in [1.29, 1.82) is 0 Å². The molecule has 0 aromatic heterocycles. The summed E-state index contributed by atoms with van der Waals surface area (Å²) in [5.41, 5.74) is 2.78. The molecular weight excluding hydrogens is 400 g/mol. The van der Waals surface area contributed by atoms with Crippen LogP contribution in [-0.2, 0) is 14.4 Å². The molecule has 164 valence electrons. The lowest BCUT2D eigenvalue weighted by Crippen LogP contribution is -2.51. The molecule has 2 heterocycles. The Morgan fingerprint density at radius 2 is 1.80 bits per heavy atom. The molecule has 8 heteroatoms. The number of carbonyl (C=O) groups is 3.